The first kappa shape index (κ1) is 18.1. The molecule has 0 spiro atoms. The fraction of sp³-hybridized carbons (Fsp3) is 0.625. The van der Waals surface area contributed by atoms with Gasteiger partial charge in [0.1, 0.15) is 5.82 Å². The van der Waals surface area contributed by atoms with Gasteiger partial charge in [-0.15, -0.1) is 0 Å². The van der Waals surface area contributed by atoms with Gasteiger partial charge in [-0.2, -0.15) is 0 Å². The van der Waals surface area contributed by atoms with E-state index in [0.717, 1.165) is 26.1 Å². The summed E-state index contributed by atoms with van der Waals surface area (Å²) in [5.74, 6) is 0.442. The van der Waals surface area contributed by atoms with Crippen LogP contribution in [-0.2, 0) is 4.79 Å². The summed E-state index contributed by atoms with van der Waals surface area (Å²) in [5, 5.41) is 12.9. The Balaban J connectivity index is 1.83. The van der Waals surface area contributed by atoms with Crippen LogP contribution in [0.5, 0.6) is 0 Å². The lowest BCUT2D eigenvalue weighted by molar-refractivity contribution is -0.118. The molecule has 6 nitrogen and oxygen atoms in total. The summed E-state index contributed by atoms with van der Waals surface area (Å²) in [6, 6.07) is 3.77. The van der Waals surface area contributed by atoms with Crippen molar-refractivity contribution in [2.45, 2.75) is 32.4 Å². The molecule has 0 radical (unpaired) electrons. The van der Waals surface area contributed by atoms with Crippen LogP contribution in [0.4, 0.5) is 5.82 Å². The summed E-state index contributed by atoms with van der Waals surface area (Å²) in [6.45, 7) is 7.52. The molecule has 0 saturated carbocycles. The van der Waals surface area contributed by atoms with Crippen molar-refractivity contribution in [1.29, 1.82) is 0 Å². The third-order valence-corrected chi connectivity index (χ3v) is 4.24. The maximum atomic E-state index is 12.1. The van der Waals surface area contributed by atoms with Crippen molar-refractivity contribution in [2.24, 2.45) is 0 Å². The predicted molar refractivity (Wildman–Crippen MR) is 91.6 cm³/mol. The molecular weight excluding hydrogens is 316 g/mol. The number of carbonyl (C=O) groups excluding carboxylic acids is 1. The average molecular weight is 341 g/mol. The quantitative estimate of drug-likeness (QED) is 0.820. The van der Waals surface area contributed by atoms with Crippen LogP contribution < -0.4 is 5.32 Å². The summed E-state index contributed by atoms with van der Waals surface area (Å²) in [4.78, 5) is 20.7. The van der Waals surface area contributed by atoms with Gasteiger partial charge in [0.05, 0.1) is 17.7 Å². The summed E-state index contributed by atoms with van der Waals surface area (Å²) in [6.07, 6.45) is 2.19. The zero-order valence-corrected chi connectivity index (χ0v) is 14.5. The molecule has 23 heavy (non-hydrogen) atoms. The van der Waals surface area contributed by atoms with Gasteiger partial charge in [0.25, 0.3) is 0 Å². The number of pyridine rings is 1. The van der Waals surface area contributed by atoms with E-state index in [0.29, 0.717) is 30.0 Å². The summed E-state index contributed by atoms with van der Waals surface area (Å²) in [5.41, 5.74) is 0. The monoisotopic (exact) mass is 340 g/mol. The predicted octanol–water partition coefficient (Wildman–Crippen LogP) is 1.45. The molecule has 2 N–H and O–H groups in total. The van der Waals surface area contributed by atoms with Crippen LogP contribution in [-0.4, -0.2) is 70.7 Å². The van der Waals surface area contributed by atoms with Crippen molar-refractivity contribution in [1.82, 2.24) is 14.8 Å². The zero-order valence-electron chi connectivity index (χ0n) is 13.7. The third kappa shape index (κ3) is 5.73. The van der Waals surface area contributed by atoms with Gasteiger partial charge >= 0.3 is 0 Å². The van der Waals surface area contributed by atoms with Gasteiger partial charge in [-0.3, -0.25) is 14.6 Å². The first-order chi connectivity index (χ1) is 11.0. The second kappa shape index (κ2) is 8.59. The number of halogens is 1. The Labute approximate surface area is 142 Å². The lowest BCUT2D eigenvalue weighted by atomic mass is 10.1. The molecule has 0 bridgehead atoms. The molecule has 1 aliphatic rings. The van der Waals surface area contributed by atoms with Gasteiger partial charge in [0.2, 0.25) is 5.91 Å². The molecule has 0 aliphatic carbocycles. The topological polar surface area (TPSA) is 68.7 Å². The van der Waals surface area contributed by atoms with E-state index in [2.05, 4.69) is 27.0 Å². The Morgan fingerprint density at radius 1 is 1.52 bits per heavy atom. The summed E-state index contributed by atoms with van der Waals surface area (Å²) < 4.78 is 0. The molecule has 1 amide bonds. The SMILES string of the molecule is CCC1CN(CC(=O)Nc2ccc(Cl)cn2)CCN1CC(C)O. The van der Waals surface area contributed by atoms with E-state index in [1.807, 2.05) is 6.92 Å². The van der Waals surface area contributed by atoms with Crippen LogP contribution >= 0.6 is 11.6 Å². The smallest absolute Gasteiger partial charge is 0.239 e. The number of β-amino-alcohol motifs (C(OH)–C–C–N with tert-alkyl or cyclic N) is 1. The first-order valence-corrected chi connectivity index (χ1v) is 8.41. The van der Waals surface area contributed by atoms with Crippen LogP contribution in [0.25, 0.3) is 0 Å². The molecule has 2 heterocycles. The molecule has 2 atom stereocenters. The minimum absolute atomic E-state index is 0.0707. The largest absolute Gasteiger partial charge is 0.392 e. The van der Waals surface area contributed by atoms with E-state index >= 15 is 0 Å². The van der Waals surface area contributed by atoms with Gasteiger partial charge in [-0.25, -0.2) is 4.98 Å². The fourth-order valence-corrected chi connectivity index (χ4v) is 3.01. The molecule has 1 aliphatic heterocycles. The number of hydrogen-bond donors (Lipinski definition) is 2. The van der Waals surface area contributed by atoms with Crippen LogP contribution in [0.1, 0.15) is 20.3 Å². The maximum Gasteiger partial charge on any atom is 0.239 e. The number of carbonyl (C=O) groups is 1. The van der Waals surface area contributed by atoms with Crippen LogP contribution in [0.3, 0.4) is 0 Å². The molecule has 1 aromatic heterocycles. The highest BCUT2D eigenvalue weighted by Crippen LogP contribution is 2.14. The minimum Gasteiger partial charge on any atom is -0.392 e. The second-order valence-corrected chi connectivity index (χ2v) is 6.49. The van der Waals surface area contributed by atoms with Gasteiger partial charge in [-0.05, 0) is 25.5 Å². The highest BCUT2D eigenvalue weighted by Gasteiger charge is 2.27. The van der Waals surface area contributed by atoms with Crippen molar-refractivity contribution >= 4 is 23.3 Å². The Morgan fingerprint density at radius 3 is 2.91 bits per heavy atom. The number of aliphatic hydroxyl groups is 1. The minimum atomic E-state index is -0.324. The van der Waals surface area contributed by atoms with E-state index < -0.39 is 0 Å². The molecule has 2 unspecified atom stereocenters. The van der Waals surface area contributed by atoms with E-state index in [-0.39, 0.29) is 12.0 Å². The fourth-order valence-electron chi connectivity index (χ4n) is 2.90. The Kier molecular flexibility index (Phi) is 6.77. The normalized spacial score (nSPS) is 21.1. The van der Waals surface area contributed by atoms with Crippen molar-refractivity contribution in [3.63, 3.8) is 0 Å². The second-order valence-electron chi connectivity index (χ2n) is 6.05. The van der Waals surface area contributed by atoms with Crippen LogP contribution in [0.15, 0.2) is 18.3 Å². The van der Waals surface area contributed by atoms with E-state index in [9.17, 15) is 9.90 Å². The van der Waals surface area contributed by atoms with E-state index in [1.54, 1.807) is 12.1 Å². The number of rotatable bonds is 6. The van der Waals surface area contributed by atoms with Crippen LogP contribution in [0, 0.1) is 0 Å². The lowest BCUT2D eigenvalue weighted by Crippen LogP contribution is -2.55. The highest BCUT2D eigenvalue weighted by atomic mass is 35.5. The highest BCUT2D eigenvalue weighted by molar-refractivity contribution is 6.30. The number of aliphatic hydroxyl groups excluding tert-OH is 1. The Morgan fingerprint density at radius 2 is 2.30 bits per heavy atom. The number of piperazine rings is 1. The molecule has 1 aromatic rings. The summed E-state index contributed by atoms with van der Waals surface area (Å²) in [7, 11) is 0. The molecule has 1 saturated heterocycles. The van der Waals surface area contributed by atoms with Gasteiger partial charge in [-0.1, -0.05) is 18.5 Å². The number of aromatic nitrogens is 1. The molecule has 7 heteroatoms. The van der Waals surface area contributed by atoms with E-state index in [1.165, 1.54) is 6.20 Å². The van der Waals surface area contributed by atoms with Gasteiger partial charge < -0.3 is 10.4 Å². The van der Waals surface area contributed by atoms with Gasteiger partial charge in [0.15, 0.2) is 0 Å². The Hall–Kier alpha value is -1.21. The number of nitrogens with zero attached hydrogens (tertiary/aromatic N) is 3. The first-order valence-electron chi connectivity index (χ1n) is 8.03. The molecule has 2 rings (SSSR count). The van der Waals surface area contributed by atoms with Crippen molar-refractivity contribution < 1.29 is 9.90 Å². The van der Waals surface area contributed by atoms with E-state index in [4.69, 9.17) is 11.6 Å². The zero-order chi connectivity index (χ0) is 16.8. The molecule has 128 valence electrons. The number of amides is 1. The Bertz CT molecular complexity index is 509. The maximum absolute atomic E-state index is 12.1. The van der Waals surface area contributed by atoms with Crippen molar-refractivity contribution in [3.05, 3.63) is 23.4 Å². The molecule has 0 aromatic carbocycles. The molecule has 1 fully saturated rings. The standard InChI is InChI=1S/C16H25ClN4O2/c1-3-14-10-20(6-7-21(14)9-12(2)22)11-16(23)19-15-5-4-13(17)8-18-15/h4-5,8,12,14,22H,3,6-7,9-11H2,1-2H3,(H,18,19,23). The number of nitrogens with one attached hydrogen (secondary N) is 1. The average Bonchev–Trinajstić information content (AvgIpc) is 2.50. The summed E-state index contributed by atoms with van der Waals surface area (Å²) >= 11 is 5.78. The third-order valence-electron chi connectivity index (χ3n) is 4.02. The van der Waals surface area contributed by atoms with Crippen LogP contribution in [0.2, 0.25) is 5.02 Å². The van der Waals surface area contributed by atoms with Crippen molar-refractivity contribution in [2.75, 3.05) is 38.0 Å². The van der Waals surface area contributed by atoms with Gasteiger partial charge in [0, 0.05) is 38.4 Å². The number of hydrogen-bond acceptors (Lipinski definition) is 5. The number of anilines is 1. The lowest BCUT2D eigenvalue weighted by Gasteiger charge is -2.41. The molecular formula is C16H25ClN4O2. The van der Waals surface area contributed by atoms with Crippen molar-refractivity contribution in [3.8, 4) is 0 Å².